The summed E-state index contributed by atoms with van der Waals surface area (Å²) in [5.74, 6) is 0. The molecule has 0 aromatic heterocycles. The van der Waals surface area contributed by atoms with Crippen LogP contribution >= 0.6 is 0 Å². The van der Waals surface area contributed by atoms with E-state index in [4.69, 9.17) is 0 Å². The number of carbonyl (C=O) groups excluding carboxylic acids is 1. The Labute approximate surface area is 74.7 Å². The van der Waals surface area contributed by atoms with Crippen molar-refractivity contribution in [2.45, 2.75) is 26.7 Å². The number of hydrogen-bond donors (Lipinski definition) is 0. The van der Waals surface area contributed by atoms with E-state index in [2.05, 4.69) is 23.5 Å². The van der Waals surface area contributed by atoms with E-state index >= 15 is 0 Å². The van der Waals surface area contributed by atoms with Gasteiger partial charge in [0.15, 0.2) is 0 Å². The minimum Gasteiger partial charge on any atom is -0.457 e. The van der Waals surface area contributed by atoms with Crippen molar-refractivity contribution in [2.24, 2.45) is 0 Å². The summed E-state index contributed by atoms with van der Waals surface area (Å²) < 4.78 is 4.46. The Morgan fingerprint density at radius 3 is 2.42 bits per heavy atom. The average Bonchev–Trinajstić information content (AvgIpc) is 2.11. The first-order valence-electron chi connectivity index (χ1n) is 4.56. The topological polar surface area (TPSA) is 29.5 Å². The van der Waals surface area contributed by atoms with Gasteiger partial charge in [0, 0.05) is 0 Å². The number of unbranched alkanes of at least 4 members (excludes halogenated alkanes) is 1. The van der Waals surface area contributed by atoms with Gasteiger partial charge >= 0.3 is 6.47 Å². The summed E-state index contributed by atoms with van der Waals surface area (Å²) in [7, 11) is 0. The molecule has 3 nitrogen and oxygen atoms in total. The van der Waals surface area contributed by atoms with E-state index in [1.165, 1.54) is 6.47 Å². The molecule has 3 heteroatoms. The molecule has 0 rings (SSSR count). The fraction of sp³-hybridized carbons (Fsp3) is 0.889. The second kappa shape index (κ2) is 8.53. The third-order valence-corrected chi connectivity index (χ3v) is 1.92. The molecule has 0 aliphatic carbocycles. The molecule has 0 N–H and O–H groups in total. The number of hydrogen-bond acceptors (Lipinski definition) is 3. The zero-order chi connectivity index (χ0) is 9.23. The predicted molar refractivity (Wildman–Crippen MR) is 48.7 cm³/mol. The molecule has 0 unspecified atom stereocenters. The van der Waals surface area contributed by atoms with Crippen LogP contribution < -0.4 is 0 Å². The van der Waals surface area contributed by atoms with E-state index in [0.717, 1.165) is 32.5 Å². The summed E-state index contributed by atoms with van der Waals surface area (Å²) in [6.45, 7) is 9.51. The van der Waals surface area contributed by atoms with Crippen LogP contribution in [-0.4, -0.2) is 37.6 Å². The van der Waals surface area contributed by atoms with Crippen molar-refractivity contribution in [3.05, 3.63) is 0 Å². The first-order chi connectivity index (χ1) is 5.85. The Balaban J connectivity index is 3.11. The van der Waals surface area contributed by atoms with Gasteiger partial charge in [-0.2, -0.15) is 0 Å². The fourth-order valence-corrected chi connectivity index (χ4v) is 1.09. The van der Waals surface area contributed by atoms with Crippen LogP contribution in [0.3, 0.4) is 0 Å². The van der Waals surface area contributed by atoms with Crippen molar-refractivity contribution in [1.82, 2.24) is 4.90 Å². The molecule has 0 aliphatic rings. The predicted octanol–water partition coefficient (Wildman–Crippen LogP) is 1.19. The molecule has 0 atom stereocenters. The third kappa shape index (κ3) is 6.16. The van der Waals surface area contributed by atoms with E-state index in [1.54, 1.807) is 0 Å². The molecule has 12 heavy (non-hydrogen) atoms. The minimum atomic E-state index is 0.505. The Hall–Kier alpha value is -0.570. The lowest BCUT2D eigenvalue weighted by Gasteiger charge is -2.17. The van der Waals surface area contributed by atoms with E-state index in [1.807, 2.05) is 0 Å². The highest BCUT2D eigenvalue weighted by atomic mass is 16.5. The van der Waals surface area contributed by atoms with Crippen LogP contribution in [0.5, 0.6) is 0 Å². The van der Waals surface area contributed by atoms with Gasteiger partial charge in [-0.15, -0.1) is 0 Å². The first-order valence-corrected chi connectivity index (χ1v) is 4.56. The van der Waals surface area contributed by atoms with E-state index in [0.29, 0.717) is 6.61 Å². The van der Waals surface area contributed by atoms with Gasteiger partial charge in [-0.3, -0.25) is 0 Å². The molecule has 0 spiro atoms. The zero-order valence-electron chi connectivity index (χ0n) is 8.01. The maximum atomic E-state index is 9.66. The monoisotopic (exact) mass is 172 g/mol. The van der Waals surface area contributed by atoms with Crippen molar-refractivity contribution in [3.8, 4) is 0 Å². The maximum absolute atomic E-state index is 9.66. The van der Waals surface area contributed by atoms with Crippen molar-refractivity contribution < 1.29 is 9.53 Å². The zero-order valence-corrected chi connectivity index (χ0v) is 8.01. The average molecular weight is 172 g/mol. The summed E-state index contributed by atoms with van der Waals surface area (Å²) in [5, 5.41) is 0. The van der Waals surface area contributed by atoms with Crippen LogP contribution in [0.25, 0.3) is 0 Å². The van der Waals surface area contributed by atoms with Gasteiger partial charge in [-0.25, -0.2) is 4.79 Å². The van der Waals surface area contributed by atoms with Crippen LogP contribution in [0.4, 0.5) is 0 Å². The van der Waals surface area contributed by atoms with E-state index < -0.39 is 0 Å². The smallest absolute Gasteiger partial charge is 0.417 e. The van der Waals surface area contributed by atoms with Crippen molar-refractivity contribution in [3.63, 3.8) is 0 Å². The highest BCUT2D eigenvalue weighted by Gasteiger charge is 1.97. The largest absolute Gasteiger partial charge is 0.457 e. The summed E-state index contributed by atoms with van der Waals surface area (Å²) >= 11 is 0. The van der Waals surface area contributed by atoms with Gasteiger partial charge in [0.1, 0.15) is 0 Å². The molecule has 0 aromatic carbocycles. The second-order valence-electron chi connectivity index (χ2n) is 2.67. The van der Waals surface area contributed by atoms with Crippen molar-refractivity contribution in [1.29, 1.82) is 0 Å². The second-order valence-corrected chi connectivity index (χ2v) is 2.67. The van der Waals surface area contributed by atoms with Gasteiger partial charge in [0.25, 0.3) is 0 Å². The number of rotatable bonds is 8. The van der Waals surface area contributed by atoms with Crippen LogP contribution in [-0.2, 0) is 9.53 Å². The van der Waals surface area contributed by atoms with E-state index in [9.17, 15) is 4.79 Å². The molecule has 1 radical (unpaired) electrons. The van der Waals surface area contributed by atoms with Crippen LogP contribution in [0.1, 0.15) is 26.7 Å². The number of nitrogens with zero attached hydrogens (tertiary/aromatic N) is 1. The Bertz CT molecular complexity index is 103. The molecule has 0 fully saturated rings. The molecule has 0 heterocycles. The summed E-state index contributed by atoms with van der Waals surface area (Å²) in [5.41, 5.74) is 0. The fourth-order valence-electron chi connectivity index (χ4n) is 1.09. The molecule has 0 aliphatic heterocycles. The SMILES string of the molecule is CCN(CC)CCCCO[C]=O. The van der Waals surface area contributed by atoms with Gasteiger partial charge in [0.05, 0.1) is 6.61 Å². The lowest BCUT2D eigenvalue weighted by Crippen LogP contribution is -2.24. The lowest BCUT2D eigenvalue weighted by atomic mass is 10.3. The molecule has 0 bridgehead atoms. The van der Waals surface area contributed by atoms with Crippen LogP contribution in [0.2, 0.25) is 0 Å². The van der Waals surface area contributed by atoms with Gasteiger partial charge in [0.2, 0.25) is 0 Å². The molecule has 0 aromatic rings. The highest BCUT2D eigenvalue weighted by Crippen LogP contribution is 1.94. The first kappa shape index (κ1) is 11.4. The van der Waals surface area contributed by atoms with E-state index in [-0.39, 0.29) is 0 Å². The van der Waals surface area contributed by atoms with Crippen LogP contribution in [0.15, 0.2) is 0 Å². The highest BCUT2D eigenvalue weighted by molar-refractivity contribution is 5.37. The molecular formula is C9H18NO2. The number of ether oxygens (including phenoxy) is 1. The normalized spacial score (nSPS) is 10.2. The van der Waals surface area contributed by atoms with Gasteiger partial charge < -0.3 is 9.64 Å². The van der Waals surface area contributed by atoms with Gasteiger partial charge in [-0.05, 0) is 32.5 Å². The maximum Gasteiger partial charge on any atom is 0.417 e. The third-order valence-electron chi connectivity index (χ3n) is 1.92. The van der Waals surface area contributed by atoms with Crippen LogP contribution in [0, 0.1) is 0 Å². The quantitative estimate of drug-likeness (QED) is 0.515. The molecular weight excluding hydrogens is 154 g/mol. The minimum absolute atomic E-state index is 0.505. The molecule has 0 saturated heterocycles. The molecule has 0 amide bonds. The van der Waals surface area contributed by atoms with Gasteiger partial charge in [-0.1, -0.05) is 13.8 Å². The standard InChI is InChI=1S/C9H18NO2/c1-3-10(4-2)7-5-6-8-12-9-11/h3-8H2,1-2H3. The molecule has 71 valence electrons. The van der Waals surface area contributed by atoms with Crippen molar-refractivity contribution >= 4 is 6.47 Å². The molecule has 0 saturated carbocycles. The Kier molecular flexibility index (Phi) is 8.12. The summed E-state index contributed by atoms with van der Waals surface area (Å²) in [6.07, 6.45) is 2.02. The Morgan fingerprint density at radius 2 is 1.92 bits per heavy atom. The summed E-state index contributed by atoms with van der Waals surface area (Å²) in [6, 6.07) is 0. The Morgan fingerprint density at radius 1 is 1.25 bits per heavy atom. The lowest BCUT2D eigenvalue weighted by molar-refractivity contribution is 0.248. The van der Waals surface area contributed by atoms with Crippen molar-refractivity contribution in [2.75, 3.05) is 26.2 Å². The summed E-state index contributed by atoms with van der Waals surface area (Å²) in [4.78, 5) is 12.0.